The minimum absolute atomic E-state index is 0.429. The summed E-state index contributed by atoms with van der Waals surface area (Å²) in [5, 5.41) is 3.23. The summed E-state index contributed by atoms with van der Waals surface area (Å²) in [5.41, 5.74) is 0. The number of hydrogen-bond donors (Lipinski definition) is 1. The maximum absolute atomic E-state index is 12.5. The van der Waals surface area contributed by atoms with Gasteiger partial charge in [0.2, 0.25) is 0 Å². The summed E-state index contributed by atoms with van der Waals surface area (Å²) >= 11 is 0. The molecule has 0 atom stereocenters. The van der Waals surface area contributed by atoms with Gasteiger partial charge in [0.05, 0.1) is 0 Å². The summed E-state index contributed by atoms with van der Waals surface area (Å²) in [4.78, 5) is 0. The molecule has 0 aromatic carbocycles. The third-order valence-corrected chi connectivity index (χ3v) is 5.83. The maximum Gasteiger partial charge on any atom is 0.281 e. The van der Waals surface area contributed by atoms with Crippen LogP contribution in [0.4, 0.5) is 0 Å². The van der Waals surface area contributed by atoms with Crippen LogP contribution in [0.3, 0.4) is 0 Å². The van der Waals surface area contributed by atoms with E-state index in [1.807, 2.05) is 0 Å². The quantitative estimate of drug-likeness (QED) is 0.785. The fourth-order valence-electron chi connectivity index (χ4n) is 2.64. The number of rotatable bonds is 4. The predicted molar refractivity (Wildman–Crippen MR) is 74.2 cm³/mol. The zero-order valence-corrected chi connectivity index (χ0v) is 12.5. The molecule has 0 aromatic rings. The second kappa shape index (κ2) is 6.99. The molecule has 0 bridgehead atoms. The summed E-state index contributed by atoms with van der Waals surface area (Å²) in [7, 11) is -1.60. The topological polar surface area (TPSA) is 61.9 Å². The zero-order valence-electron chi connectivity index (χ0n) is 11.7. The first-order valence-corrected chi connectivity index (χ1v) is 8.50. The first-order valence-electron chi connectivity index (χ1n) is 7.10. The second-order valence-electron chi connectivity index (χ2n) is 5.35. The largest absolute Gasteiger partial charge is 0.381 e. The molecular formula is C12H25N3O3S. The van der Waals surface area contributed by atoms with Crippen molar-refractivity contribution in [3.63, 3.8) is 0 Å². The van der Waals surface area contributed by atoms with Crippen LogP contribution in [0.5, 0.6) is 0 Å². The molecule has 0 radical (unpaired) electrons. The van der Waals surface area contributed by atoms with Crippen molar-refractivity contribution < 1.29 is 13.2 Å². The smallest absolute Gasteiger partial charge is 0.281 e. The highest BCUT2D eigenvalue weighted by atomic mass is 32.2. The lowest BCUT2D eigenvalue weighted by atomic mass is 10.0. The van der Waals surface area contributed by atoms with Gasteiger partial charge in [-0.25, -0.2) is 0 Å². The van der Waals surface area contributed by atoms with Crippen LogP contribution >= 0.6 is 0 Å². The second-order valence-corrected chi connectivity index (χ2v) is 7.38. The van der Waals surface area contributed by atoms with Crippen LogP contribution in [0.25, 0.3) is 0 Å². The number of ether oxygens (including phenoxy) is 1. The average Bonchev–Trinajstić information content (AvgIpc) is 2.69. The van der Waals surface area contributed by atoms with Gasteiger partial charge in [-0.15, -0.1) is 0 Å². The molecule has 2 aliphatic heterocycles. The molecule has 0 aromatic heterocycles. The van der Waals surface area contributed by atoms with Crippen molar-refractivity contribution in [2.75, 3.05) is 53.0 Å². The summed E-state index contributed by atoms with van der Waals surface area (Å²) in [6.07, 6.45) is 2.80. The number of nitrogens with zero attached hydrogens (tertiary/aromatic N) is 2. The first-order chi connectivity index (χ1) is 9.10. The molecule has 112 valence electrons. The molecule has 2 heterocycles. The van der Waals surface area contributed by atoms with Gasteiger partial charge in [-0.2, -0.15) is 17.0 Å². The van der Waals surface area contributed by atoms with Crippen LogP contribution in [-0.2, 0) is 14.9 Å². The van der Waals surface area contributed by atoms with Crippen molar-refractivity contribution in [1.29, 1.82) is 0 Å². The van der Waals surface area contributed by atoms with Gasteiger partial charge in [-0.1, -0.05) is 0 Å². The fourth-order valence-corrected chi connectivity index (χ4v) is 4.11. The van der Waals surface area contributed by atoms with E-state index in [0.717, 1.165) is 45.6 Å². The number of nitrogens with one attached hydrogen (secondary N) is 1. The van der Waals surface area contributed by atoms with Crippen LogP contribution in [0.2, 0.25) is 0 Å². The molecule has 2 aliphatic rings. The summed E-state index contributed by atoms with van der Waals surface area (Å²) < 4.78 is 33.4. The van der Waals surface area contributed by atoms with Crippen LogP contribution < -0.4 is 5.32 Å². The van der Waals surface area contributed by atoms with Gasteiger partial charge >= 0.3 is 0 Å². The lowest BCUT2D eigenvalue weighted by Gasteiger charge is -2.30. The SMILES string of the molecule is CN(CC1CCOCC1)S(=O)(=O)N1CCCNCC1. The van der Waals surface area contributed by atoms with E-state index in [4.69, 9.17) is 4.74 Å². The van der Waals surface area contributed by atoms with Gasteiger partial charge in [0.25, 0.3) is 10.2 Å². The first kappa shape index (κ1) is 15.2. The summed E-state index contributed by atoms with van der Waals surface area (Å²) in [6, 6.07) is 0. The molecule has 19 heavy (non-hydrogen) atoms. The maximum atomic E-state index is 12.5. The van der Waals surface area contributed by atoms with E-state index in [1.54, 1.807) is 11.4 Å². The molecule has 0 amide bonds. The minimum Gasteiger partial charge on any atom is -0.381 e. The standard InChI is InChI=1S/C12H25N3O3S/c1-14(11-12-3-9-18-10-4-12)19(16,17)15-7-2-5-13-6-8-15/h12-13H,2-11H2,1H3. The van der Waals surface area contributed by atoms with E-state index in [1.165, 1.54) is 4.31 Å². The van der Waals surface area contributed by atoms with E-state index >= 15 is 0 Å². The Bertz CT molecular complexity index is 360. The Labute approximate surface area is 116 Å². The normalized spacial score (nSPS) is 24.5. The van der Waals surface area contributed by atoms with Gasteiger partial charge in [0.1, 0.15) is 0 Å². The van der Waals surface area contributed by atoms with E-state index in [0.29, 0.717) is 25.6 Å². The molecule has 2 fully saturated rings. The Kier molecular flexibility index (Phi) is 5.58. The molecule has 6 nitrogen and oxygen atoms in total. The lowest BCUT2D eigenvalue weighted by molar-refractivity contribution is 0.0616. The van der Waals surface area contributed by atoms with Crippen molar-refractivity contribution in [3.8, 4) is 0 Å². The van der Waals surface area contributed by atoms with Crippen LogP contribution in [-0.4, -0.2) is 70.0 Å². The highest BCUT2D eigenvalue weighted by molar-refractivity contribution is 7.86. The fraction of sp³-hybridized carbons (Fsp3) is 1.00. The van der Waals surface area contributed by atoms with Gasteiger partial charge in [0, 0.05) is 46.4 Å². The molecule has 7 heteroatoms. The van der Waals surface area contributed by atoms with Crippen molar-refractivity contribution in [1.82, 2.24) is 13.9 Å². The average molecular weight is 291 g/mol. The van der Waals surface area contributed by atoms with Crippen LogP contribution in [0.15, 0.2) is 0 Å². The molecule has 0 aliphatic carbocycles. The van der Waals surface area contributed by atoms with E-state index in [2.05, 4.69) is 5.32 Å². The Balaban J connectivity index is 1.92. The van der Waals surface area contributed by atoms with Gasteiger partial charge in [-0.05, 0) is 31.7 Å². The molecule has 1 N–H and O–H groups in total. The monoisotopic (exact) mass is 291 g/mol. The molecule has 2 saturated heterocycles. The lowest BCUT2D eigenvalue weighted by Crippen LogP contribution is -2.45. The molecule has 0 saturated carbocycles. The Morgan fingerprint density at radius 3 is 2.74 bits per heavy atom. The zero-order chi connectivity index (χ0) is 13.7. The van der Waals surface area contributed by atoms with Gasteiger partial charge in [-0.3, -0.25) is 0 Å². The van der Waals surface area contributed by atoms with Gasteiger partial charge < -0.3 is 10.1 Å². The third-order valence-electron chi connectivity index (χ3n) is 3.88. The molecule has 2 rings (SSSR count). The third kappa shape index (κ3) is 4.13. The summed E-state index contributed by atoms with van der Waals surface area (Å²) in [5.74, 6) is 0.429. The minimum atomic E-state index is -3.30. The van der Waals surface area contributed by atoms with Crippen LogP contribution in [0, 0.1) is 5.92 Å². The van der Waals surface area contributed by atoms with E-state index in [-0.39, 0.29) is 0 Å². The van der Waals surface area contributed by atoms with Crippen LogP contribution in [0.1, 0.15) is 19.3 Å². The number of hydrogen-bond acceptors (Lipinski definition) is 4. The van der Waals surface area contributed by atoms with Crippen molar-refractivity contribution in [2.24, 2.45) is 5.92 Å². The highest BCUT2D eigenvalue weighted by Gasteiger charge is 2.29. The Morgan fingerprint density at radius 2 is 2.00 bits per heavy atom. The van der Waals surface area contributed by atoms with E-state index in [9.17, 15) is 8.42 Å². The van der Waals surface area contributed by atoms with E-state index < -0.39 is 10.2 Å². The van der Waals surface area contributed by atoms with Crippen molar-refractivity contribution >= 4 is 10.2 Å². The molecule has 0 spiro atoms. The Hall–Kier alpha value is -0.210. The molecule has 0 unspecified atom stereocenters. The Morgan fingerprint density at radius 1 is 1.26 bits per heavy atom. The van der Waals surface area contributed by atoms with Crippen molar-refractivity contribution in [2.45, 2.75) is 19.3 Å². The summed E-state index contributed by atoms with van der Waals surface area (Å²) in [6.45, 7) is 4.95. The van der Waals surface area contributed by atoms with Crippen molar-refractivity contribution in [3.05, 3.63) is 0 Å². The predicted octanol–water partition coefficient (Wildman–Crippen LogP) is -0.115. The highest BCUT2D eigenvalue weighted by Crippen LogP contribution is 2.18. The molecular weight excluding hydrogens is 266 g/mol. The van der Waals surface area contributed by atoms with Gasteiger partial charge in [0.15, 0.2) is 0 Å².